The Bertz CT molecular complexity index is 46.2. The molecular formula is C2H4Cl2O3. The maximum absolute atomic E-state index is 9.01. The Morgan fingerprint density at radius 1 is 1.71 bits per heavy atom. The SMILES string of the molecule is CCl.O=C(O)OCl. The highest BCUT2D eigenvalue weighted by molar-refractivity contribution is 6.15. The molecule has 0 heterocycles. The van der Waals surface area contributed by atoms with Gasteiger partial charge in [0.1, 0.15) is 11.9 Å². The molecule has 0 aliphatic rings. The molecule has 0 aromatic carbocycles. The maximum Gasteiger partial charge on any atom is 0.524 e. The van der Waals surface area contributed by atoms with E-state index in [1.165, 1.54) is 6.38 Å². The van der Waals surface area contributed by atoms with Crippen LogP contribution in [0.5, 0.6) is 0 Å². The smallest absolute Gasteiger partial charge is 0.449 e. The second-order valence-electron chi connectivity index (χ2n) is 0.343. The summed E-state index contributed by atoms with van der Waals surface area (Å²) in [5, 5.41) is 7.37. The lowest BCUT2D eigenvalue weighted by Crippen LogP contribution is -1.85. The van der Waals surface area contributed by atoms with Crippen molar-refractivity contribution in [3.63, 3.8) is 0 Å². The number of rotatable bonds is 0. The molecule has 0 fully saturated rings. The van der Waals surface area contributed by atoms with Gasteiger partial charge >= 0.3 is 6.16 Å². The normalized spacial score (nSPS) is 5.57. The van der Waals surface area contributed by atoms with Crippen molar-refractivity contribution in [2.45, 2.75) is 0 Å². The molecule has 0 rings (SSSR count). The summed E-state index contributed by atoms with van der Waals surface area (Å²) in [6, 6.07) is 0. The first kappa shape index (κ1) is 9.97. The third kappa shape index (κ3) is 25.3. The molecule has 0 amide bonds. The van der Waals surface area contributed by atoms with E-state index in [0.29, 0.717) is 0 Å². The minimum atomic E-state index is -1.48. The summed E-state index contributed by atoms with van der Waals surface area (Å²) in [6.07, 6.45) is -0.00772. The molecule has 0 aromatic heterocycles. The topological polar surface area (TPSA) is 46.5 Å². The second-order valence-corrected chi connectivity index (χ2v) is 0.497. The number of hydrogen-bond donors (Lipinski definition) is 1. The van der Waals surface area contributed by atoms with Gasteiger partial charge < -0.3 is 9.40 Å². The number of carboxylic acid groups (broad SMARTS) is 1. The lowest BCUT2D eigenvalue weighted by Gasteiger charge is -1.73. The lowest BCUT2D eigenvalue weighted by atomic mass is 11.5. The van der Waals surface area contributed by atoms with E-state index in [4.69, 9.17) is 9.90 Å². The Morgan fingerprint density at radius 3 is 1.86 bits per heavy atom. The predicted molar refractivity (Wildman–Crippen MR) is 26.7 cm³/mol. The minimum absolute atomic E-state index is 1.47. The van der Waals surface area contributed by atoms with Gasteiger partial charge in [0, 0.05) is 6.38 Å². The van der Waals surface area contributed by atoms with Crippen LogP contribution in [0.1, 0.15) is 0 Å². The maximum atomic E-state index is 9.01. The average Bonchev–Trinajstić information content (AvgIpc) is 1.73. The first-order valence-corrected chi connectivity index (χ1v) is 2.23. The van der Waals surface area contributed by atoms with Crippen molar-refractivity contribution in [2.75, 3.05) is 6.38 Å². The molecule has 0 aromatic rings. The highest BCUT2D eigenvalue weighted by Gasteiger charge is 1.84. The molecule has 0 unspecified atom stereocenters. The van der Waals surface area contributed by atoms with Crippen molar-refractivity contribution < 1.29 is 14.2 Å². The third-order valence-electron chi connectivity index (χ3n) is 0.0660. The van der Waals surface area contributed by atoms with Crippen molar-refractivity contribution >= 4 is 29.6 Å². The van der Waals surface area contributed by atoms with Crippen LogP contribution in [0.15, 0.2) is 0 Å². The fourth-order valence-electron chi connectivity index (χ4n) is 0. The molecular weight excluding hydrogens is 143 g/mol. The molecule has 0 aliphatic heterocycles. The number of alkyl halides is 1. The average molecular weight is 147 g/mol. The van der Waals surface area contributed by atoms with Crippen LogP contribution < -0.4 is 0 Å². The molecule has 0 bridgehead atoms. The van der Waals surface area contributed by atoms with Crippen LogP contribution in [0, 0.1) is 0 Å². The van der Waals surface area contributed by atoms with Crippen molar-refractivity contribution in [3.05, 3.63) is 0 Å². The molecule has 0 saturated heterocycles. The van der Waals surface area contributed by atoms with Crippen LogP contribution in [0.3, 0.4) is 0 Å². The van der Waals surface area contributed by atoms with E-state index in [1.54, 1.807) is 0 Å². The molecule has 0 atom stereocenters. The molecule has 44 valence electrons. The van der Waals surface area contributed by atoms with E-state index in [2.05, 4.69) is 27.8 Å². The summed E-state index contributed by atoms with van der Waals surface area (Å²) in [5.74, 6) is 0. The van der Waals surface area contributed by atoms with Crippen molar-refractivity contribution in [1.29, 1.82) is 0 Å². The minimum Gasteiger partial charge on any atom is -0.449 e. The molecule has 0 spiro atoms. The van der Waals surface area contributed by atoms with Gasteiger partial charge in [-0.25, -0.2) is 4.79 Å². The van der Waals surface area contributed by atoms with Gasteiger partial charge in [0.2, 0.25) is 0 Å². The van der Waals surface area contributed by atoms with Gasteiger partial charge in [-0.05, 0) is 0 Å². The summed E-state index contributed by atoms with van der Waals surface area (Å²) in [7, 11) is 0. The van der Waals surface area contributed by atoms with E-state index in [0.717, 1.165) is 0 Å². The fourth-order valence-corrected chi connectivity index (χ4v) is 0. The molecule has 3 nitrogen and oxygen atoms in total. The van der Waals surface area contributed by atoms with Crippen LogP contribution >= 0.6 is 23.5 Å². The van der Waals surface area contributed by atoms with Crippen LogP contribution in [0.2, 0.25) is 0 Å². The zero-order chi connectivity index (χ0) is 6.28. The monoisotopic (exact) mass is 146 g/mol. The van der Waals surface area contributed by atoms with Crippen molar-refractivity contribution in [3.8, 4) is 0 Å². The van der Waals surface area contributed by atoms with Gasteiger partial charge in [0.05, 0.1) is 0 Å². The van der Waals surface area contributed by atoms with Crippen molar-refractivity contribution in [1.82, 2.24) is 0 Å². The quantitative estimate of drug-likeness (QED) is 0.530. The summed E-state index contributed by atoms with van der Waals surface area (Å²) >= 11 is 8.88. The Balaban J connectivity index is 0. The van der Waals surface area contributed by atoms with Crippen LogP contribution in [0.4, 0.5) is 4.79 Å². The second kappa shape index (κ2) is 9.28. The van der Waals surface area contributed by atoms with E-state index >= 15 is 0 Å². The van der Waals surface area contributed by atoms with Crippen LogP contribution in [0.25, 0.3) is 0 Å². The first-order chi connectivity index (χ1) is 3.27. The summed E-state index contributed by atoms with van der Waals surface area (Å²) in [6.45, 7) is 0. The molecule has 1 N–H and O–H groups in total. The highest BCUT2D eigenvalue weighted by Crippen LogP contribution is 1.75. The van der Waals surface area contributed by atoms with E-state index in [1.807, 2.05) is 0 Å². The van der Waals surface area contributed by atoms with Gasteiger partial charge in [-0.15, -0.1) is 11.6 Å². The van der Waals surface area contributed by atoms with E-state index < -0.39 is 6.16 Å². The van der Waals surface area contributed by atoms with Crippen LogP contribution in [-0.4, -0.2) is 17.6 Å². The Morgan fingerprint density at radius 2 is 1.86 bits per heavy atom. The largest absolute Gasteiger partial charge is 0.524 e. The Kier molecular flexibility index (Phi) is 13.2. The van der Waals surface area contributed by atoms with Gasteiger partial charge in [-0.3, -0.25) is 0 Å². The summed E-state index contributed by atoms with van der Waals surface area (Å²) < 4.78 is 3.14. The molecule has 5 heteroatoms. The standard InChI is InChI=1S/CHClO3.CH3Cl/c2-5-1(3)4;1-2/h(H,3,4);1H3. The zero-order valence-corrected chi connectivity index (χ0v) is 5.03. The lowest BCUT2D eigenvalue weighted by molar-refractivity contribution is 0.149. The first-order valence-electron chi connectivity index (χ1n) is 1.16. The zero-order valence-electron chi connectivity index (χ0n) is 3.52. The predicted octanol–water partition coefficient (Wildman–Crippen LogP) is 1.69. The molecule has 0 saturated carbocycles. The Hall–Kier alpha value is -0.150. The van der Waals surface area contributed by atoms with E-state index in [-0.39, 0.29) is 0 Å². The molecule has 0 aliphatic carbocycles. The fraction of sp³-hybridized carbons (Fsp3) is 0.500. The summed E-state index contributed by atoms with van der Waals surface area (Å²) in [5.41, 5.74) is 0. The van der Waals surface area contributed by atoms with Gasteiger partial charge in [-0.2, -0.15) is 0 Å². The molecule has 0 radical (unpaired) electrons. The highest BCUT2D eigenvalue weighted by atomic mass is 35.5. The van der Waals surface area contributed by atoms with Crippen LogP contribution in [-0.2, 0) is 4.29 Å². The van der Waals surface area contributed by atoms with E-state index in [9.17, 15) is 0 Å². The van der Waals surface area contributed by atoms with Gasteiger partial charge in [0.25, 0.3) is 0 Å². The third-order valence-corrected chi connectivity index (χ3v) is 0.198. The number of carbonyl (C=O) groups is 1. The molecule has 7 heavy (non-hydrogen) atoms. The number of hydrogen-bond acceptors (Lipinski definition) is 2. The summed E-state index contributed by atoms with van der Waals surface area (Å²) in [4.78, 5) is 9.01. The van der Waals surface area contributed by atoms with Crippen molar-refractivity contribution in [2.24, 2.45) is 0 Å². The van der Waals surface area contributed by atoms with Gasteiger partial charge in [-0.1, -0.05) is 0 Å². The Labute approximate surface area is 51.0 Å². The van der Waals surface area contributed by atoms with Gasteiger partial charge in [0.15, 0.2) is 0 Å². The number of halogens is 2.